The summed E-state index contributed by atoms with van der Waals surface area (Å²) in [5.74, 6) is -1.45. The largest absolute Gasteiger partial charge is 0.463 e. The third-order valence-electron chi connectivity index (χ3n) is 2.93. The van der Waals surface area contributed by atoms with Crippen LogP contribution in [0.15, 0.2) is 36.7 Å². The van der Waals surface area contributed by atoms with E-state index in [2.05, 4.69) is 9.97 Å². The van der Waals surface area contributed by atoms with Gasteiger partial charge in [0, 0.05) is 24.0 Å². The van der Waals surface area contributed by atoms with Crippen molar-refractivity contribution in [3.63, 3.8) is 0 Å². The molecule has 24 heavy (non-hydrogen) atoms. The zero-order valence-corrected chi connectivity index (χ0v) is 12.5. The van der Waals surface area contributed by atoms with E-state index in [1.165, 1.54) is 12.3 Å². The molecule has 0 atom stereocenters. The molecule has 0 spiro atoms. The summed E-state index contributed by atoms with van der Waals surface area (Å²) in [7, 11) is 0. The van der Waals surface area contributed by atoms with Crippen LogP contribution in [-0.2, 0) is 15.7 Å². The monoisotopic (exact) mass is 340 g/mol. The van der Waals surface area contributed by atoms with Crippen LogP contribution < -0.4 is 0 Å². The van der Waals surface area contributed by atoms with Crippen LogP contribution in [-0.4, -0.2) is 22.5 Å². The Morgan fingerprint density at radius 1 is 1.29 bits per heavy atom. The molecule has 0 aliphatic carbocycles. The number of rotatable bonds is 4. The Morgan fingerprint density at radius 3 is 2.67 bits per heavy atom. The van der Waals surface area contributed by atoms with Crippen molar-refractivity contribution in [2.45, 2.75) is 13.1 Å². The fourth-order valence-electron chi connectivity index (χ4n) is 1.88. The van der Waals surface area contributed by atoms with Crippen molar-refractivity contribution >= 4 is 12.0 Å². The first-order valence-corrected chi connectivity index (χ1v) is 6.86. The minimum absolute atomic E-state index is 0.128. The van der Waals surface area contributed by atoms with Gasteiger partial charge in [0.25, 0.3) is 0 Å². The summed E-state index contributed by atoms with van der Waals surface area (Å²) in [6.45, 7) is 1.76. The van der Waals surface area contributed by atoms with Gasteiger partial charge in [0.1, 0.15) is 11.5 Å². The zero-order chi connectivity index (χ0) is 17.7. The van der Waals surface area contributed by atoms with Gasteiger partial charge in [-0.3, -0.25) is 4.98 Å². The standard InChI is InChI=1S/C16H12F4N2O2/c1-2-24-14(23)6-4-10-3-5-13(16(18,19)20)22-15(10)11-9-21-8-7-12(11)17/h3-9H,2H2,1H3/b6-4+. The van der Waals surface area contributed by atoms with E-state index in [1.807, 2.05) is 0 Å². The lowest BCUT2D eigenvalue weighted by atomic mass is 10.1. The van der Waals surface area contributed by atoms with Crippen molar-refractivity contribution in [3.8, 4) is 11.3 Å². The summed E-state index contributed by atoms with van der Waals surface area (Å²) in [4.78, 5) is 18.6. The molecule has 8 heteroatoms. The van der Waals surface area contributed by atoms with Crippen molar-refractivity contribution in [3.05, 3.63) is 53.7 Å². The minimum atomic E-state index is -4.68. The van der Waals surface area contributed by atoms with Crippen molar-refractivity contribution in [2.75, 3.05) is 6.61 Å². The fraction of sp³-hybridized carbons (Fsp3) is 0.188. The van der Waals surface area contributed by atoms with Crippen LogP contribution >= 0.6 is 0 Å². The van der Waals surface area contributed by atoms with Crippen LogP contribution in [0.25, 0.3) is 17.3 Å². The molecule has 0 radical (unpaired) electrons. The van der Waals surface area contributed by atoms with Gasteiger partial charge in [-0.15, -0.1) is 0 Å². The second kappa shape index (κ2) is 7.20. The topological polar surface area (TPSA) is 52.1 Å². The predicted molar refractivity (Wildman–Crippen MR) is 78.1 cm³/mol. The summed E-state index contributed by atoms with van der Waals surface area (Å²) < 4.78 is 57.2. The zero-order valence-electron chi connectivity index (χ0n) is 12.5. The van der Waals surface area contributed by atoms with E-state index in [1.54, 1.807) is 6.92 Å². The van der Waals surface area contributed by atoms with Gasteiger partial charge in [-0.2, -0.15) is 13.2 Å². The van der Waals surface area contributed by atoms with Crippen molar-refractivity contribution in [1.82, 2.24) is 9.97 Å². The number of ether oxygens (including phenoxy) is 1. The highest BCUT2D eigenvalue weighted by atomic mass is 19.4. The van der Waals surface area contributed by atoms with Crippen LogP contribution in [0.5, 0.6) is 0 Å². The van der Waals surface area contributed by atoms with Crippen molar-refractivity contribution < 1.29 is 27.1 Å². The Balaban J connectivity index is 2.55. The third kappa shape index (κ3) is 4.15. The number of pyridine rings is 2. The summed E-state index contributed by atoms with van der Waals surface area (Å²) in [6, 6.07) is 2.87. The summed E-state index contributed by atoms with van der Waals surface area (Å²) in [5, 5.41) is 0. The molecular weight excluding hydrogens is 328 g/mol. The van der Waals surface area contributed by atoms with Gasteiger partial charge in [0.2, 0.25) is 0 Å². The summed E-state index contributed by atoms with van der Waals surface area (Å²) in [5.41, 5.74) is -1.51. The predicted octanol–water partition coefficient (Wildman–Crippen LogP) is 3.88. The molecule has 0 amide bonds. The molecule has 0 fully saturated rings. The molecule has 0 unspecified atom stereocenters. The highest BCUT2D eigenvalue weighted by Crippen LogP contribution is 2.32. The molecule has 126 valence electrons. The second-order valence-electron chi connectivity index (χ2n) is 4.57. The number of aromatic nitrogens is 2. The quantitative estimate of drug-likeness (QED) is 0.482. The molecule has 0 bridgehead atoms. The maximum Gasteiger partial charge on any atom is 0.433 e. The van der Waals surface area contributed by atoms with Crippen LogP contribution in [0.2, 0.25) is 0 Å². The number of nitrogens with zero attached hydrogens (tertiary/aromatic N) is 2. The minimum Gasteiger partial charge on any atom is -0.463 e. The number of esters is 1. The molecule has 0 aliphatic heterocycles. The molecule has 0 saturated heterocycles. The van der Waals surface area contributed by atoms with E-state index in [9.17, 15) is 22.4 Å². The molecule has 2 heterocycles. The molecule has 0 saturated carbocycles. The molecule has 2 aromatic heterocycles. The first kappa shape index (κ1) is 17.6. The third-order valence-corrected chi connectivity index (χ3v) is 2.93. The smallest absolute Gasteiger partial charge is 0.433 e. The molecule has 2 aromatic rings. The van der Waals surface area contributed by atoms with Gasteiger partial charge in [-0.25, -0.2) is 14.2 Å². The average molecular weight is 340 g/mol. The summed E-state index contributed by atoms with van der Waals surface area (Å²) in [6.07, 6.45) is -0.199. The van der Waals surface area contributed by atoms with Crippen molar-refractivity contribution in [2.24, 2.45) is 0 Å². The van der Waals surface area contributed by atoms with E-state index in [0.717, 1.165) is 30.5 Å². The van der Waals surface area contributed by atoms with Gasteiger partial charge < -0.3 is 4.74 Å². The molecule has 0 aromatic carbocycles. The fourth-order valence-corrected chi connectivity index (χ4v) is 1.88. The van der Waals surface area contributed by atoms with E-state index >= 15 is 0 Å². The molecule has 0 aliphatic rings. The first-order valence-electron chi connectivity index (χ1n) is 6.86. The lowest BCUT2D eigenvalue weighted by Gasteiger charge is -2.11. The van der Waals surface area contributed by atoms with Crippen LogP contribution in [0.4, 0.5) is 17.6 Å². The Hall–Kier alpha value is -2.77. The van der Waals surface area contributed by atoms with E-state index in [-0.39, 0.29) is 23.4 Å². The van der Waals surface area contributed by atoms with Gasteiger partial charge >= 0.3 is 12.1 Å². The average Bonchev–Trinajstić information content (AvgIpc) is 2.53. The maximum absolute atomic E-state index is 13.9. The highest BCUT2D eigenvalue weighted by Gasteiger charge is 2.33. The highest BCUT2D eigenvalue weighted by molar-refractivity contribution is 5.88. The Kier molecular flexibility index (Phi) is 5.28. The van der Waals surface area contributed by atoms with Crippen molar-refractivity contribution in [1.29, 1.82) is 0 Å². The van der Waals surface area contributed by atoms with Gasteiger partial charge in [0.05, 0.1) is 17.9 Å². The Morgan fingerprint density at radius 2 is 2.04 bits per heavy atom. The number of carbonyl (C=O) groups excluding carboxylic acids is 1. The maximum atomic E-state index is 13.9. The number of hydrogen-bond acceptors (Lipinski definition) is 4. The van der Waals surface area contributed by atoms with Gasteiger partial charge in [-0.1, -0.05) is 6.07 Å². The molecule has 0 N–H and O–H groups in total. The molecular formula is C16H12F4N2O2. The number of hydrogen-bond donors (Lipinski definition) is 0. The van der Waals surface area contributed by atoms with E-state index < -0.39 is 23.7 Å². The normalized spacial score (nSPS) is 11.7. The van der Waals surface area contributed by atoms with E-state index in [0.29, 0.717) is 0 Å². The number of halogens is 4. The molecule has 2 rings (SSSR count). The summed E-state index contributed by atoms with van der Waals surface area (Å²) >= 11 is 0. The van der Waals surface area contributed by atoms with Gasteiger partial charge in [0.15, 0.2) is 0 Å². The van der Waals surface area contributed by atoms with Crippen LogP contribution in [0.1, 0.15) is 18.2 Å². The number of alkyl halides is 3. The first-order chi connectivity index (χ1) is 11.3. The van der Waals surface area contributed by atoms with Crippen LogP contribution in [0.3, 0.4) is 0 Å². The Bertz CT molecular complexity index is 773. The number of carbonyl (C=O) groups is 1. The Labute approximate surface area is 134 Å². The SMILES string of the molecule is CCOC(=O)/C=C/c1ccc(C(F)(F)F)nc1-c1cnccc1F. The van der Waals surface area contributed by atoms with Gasteiger partial charge in [-0.05, 0) is 25.1 Å². The van der Waals surface area contributed by atoms with E-state index in [4.69, 9.17) is 4.74 Å². The lowest BCUT2D eigenvalue weighted by molar-refractivity contribution is -0.141. The molecule has 4 nitrogen and oxygen atoms in total. The lowest BCUT2D eigenvalue weighted by Crippen LogP contribution is -2.09. The second-order valence-corrected chi connectivity index (χ2v) is 4.57. The van der Waals surface area contributed by atoms with Crippen LogP contribution in [0, 0.1) is 5.82 Å².